The van der Waals surface area contributed by atoms with Gasteiger partial charge in [0.25, 0.3) is 5.91 Å². The Labute approximate surface area is 170 Å². The van der Waals surface area contributed by atoms with Crippen LogP contribution >= 0.6 is 0 Å². The summed E-state index contributed by atoms with van der Waals surface area (Å²) >= 11 is 0. The normalized spacial score (nSPS) is 24.6. The van der Waals surface area contributed by atoms with Crippen molar-refractivity contribution >= 4 is 11.9 Å². The number of carbonyl (C=O) groups excluding carboxylic acids is 1. The molecule has 3 aliphatic heterocycles. The number of aromatic nitrogens is 4. The fraction of sp³-hybridized carbons (Fsp3) is 0.619. The van der Waals surface area contributed by atoms with Crippen molar-refractivity contribution in [2.75, 3.05) is 31.1 Å². The van der Waals surface area contributed by atoms with Gasteiger partial charge in [-0.05, 0) is 44.6 Å². The topological polar surface area (TPSA) is 76.4 Å². The maximum absolute atomic E-state index is 13.0. The van der Waals surface area contributed by atoms with Crippen molar-refractivity contribution < 1.29 is 9.53 Å². The fourth-order valence-electron chi connectivity index (χ4n) is 4.79. The number of aryl methyl sites for hydroxylation is 1. The van der Waals surface area contributed by atoms with Gasteiger partial charge in [0.2, 0.25) is 5.95 Å². The Morgan fingerprint density at radius 2 is 2.00 bits per heavy atom. The van der Waals surface area contributed by atoms with Gasteiger partial charge in [0.15, 0.2) is 0 Å². The molecule has 0 aromatic carbocycles. The van der Waals surface area contributed by atoms with Crippen LogP contribution in [0.3, 0.4) is 0 Å². The number of hydrogen-bond donors (Lipinski definition) is 0. The second kappa shape index (κ2) is 7.74. The lowest BCUT2D eigenvalue weighted by Crippen LogP contribution is -2.38. The molecule has 2 unspecified atom stereocenters. The van der Waals surface area contributed by atoms with Crippen molar-refractivity contribution in [3.05, 3.63) is 24.2 Å². The van der Waals surface area contributed by atoms with Crippen molar-refractivity contribution in [1.82, 2.24) is 24.6 Å². The quantitative estimate of drug-likeness (QED) is 0.789. The van der Waals surface area contributed by atoms with Gasteiger partial charge in [0, 0.05) is 51.2 Å². The van der Waals surface area contributed by atoms with E-state index >= 15 is 0 Å². The molecule has 1 amide bonds. The van der Waals surface area contributed by atoms with Gasteiger partial charge in [-0.25, -0.2) is 9.97 Å². The predicted octanol–water partition coefficient (Wildman–Crippen LogP) is 2.32. The molecule has 5 rings (SSSR count). The molecule has 3 fully saturated rings. The van der Waals surface area contributed by atoms with Crippen LogP contribution in [0.5, 0.6) is 0 Å². The zero-order valence-corrected chi connectivity index (χ0v) is 17.0. The molecule has 2 aromatic heterocycles. The first-order valence-electron chi connectivity index (χ1n) is 10.7. The monoisotopic (exact) mass is 396 g/mol. The molecule has 5 heterocycles. The van der Waals surface area contributed by atoms with Gasteiger partial charge < -0.3 is 14.5 Å². The SMILES string of the molecule is Cn1cc(-c2ccnc(N3CCCC3)n2)c(C2CCCN2C(=O)C2CCCO2)n1. The van der Waals surface area contributed by atoms with E-state index in [1.807, 2.05) is 35.1 Å². The van der Waals surface area contributed by atoms with E-state index in [0.717, 1.165) is 68.2 Å². The van der Waals surface area contributed by atoms with Gasteiger partial charge in [-0.3, -0.25) is 9.48 Å². The van der Waals surface area contributed by atoms with Crippen LogP contribution in [0, 0.1) is 0 Å². The third kappa shape index (κ3) is 3.50. The maximum Gasteiger partial charge on any atom is 0.252 e. The largest absolute Gasteiger partial charge is 0.368 e. The molecule has 29 heavy (non-hydrogen) atoms. The second-order valence-electron chi connectivity index (χ2n) is 8.23. The highest BCUT2D eigenvalue weighted by Crippen LogP contribution is 2.37. The van der Waals surface area contributed by atoms with Crippen molar-refractivity contribution in [3.63, 3.8) is 0 Å². The molecule has 154 valence electrons. The Hall–Kier alpha value is -2.48. The smallest absolute Gasteiger partial charge is 0.252 e. The number of hydrogen-bond acceptors (Lipinski definition) is 6. The molecule has 2 aromatic rings. The Balaban J connectivity index is 1.46. The standard InChI is InChI=1S/C21H28N6O2/c1-25-14-15(16-8-9-22-21(23-16)26-10-2-3-11-26)19(24-25)17-6-4-12-27(17)20(28)18-7-5-13-29-18/h8-9,14,17-18H,2-7,10-13H2,1H3. The zero-order valence-electron chi connectivity index (χ0n) is 17.0. The molecular weight excluding hydrogens is 368 g/mol. The van der Waals surface area contributed by atoms with E-state index in [4.69, 9.17) is 14.8 Å². The van der Waals surface area contributed by atoms with Crippen LogP contribution in [0.1, 0.15) is 50.3 Å². The van der Waals surface area contributed by atoms with E-state index in [-0.39, 0.29) is 18.1 Å². The van der Waals surface area contributed by atoms with Crippen LogP contribution in [0.25, 0.3) is 11.3 Å². The molecular formula is C21H28N6O2. The highest BCUT2D eigenvalue weighted by molar-refractivity contribution is 5.82. The van der Waals surface area contributed by atoms with Gasteiger partial charge in [0.1, 0.15) is 6.10 Å². The first kappa shape index (κ1) is 18.5. The molecule has 0 radical (unpaired) electrons. The van der Waals surface area contributed by atoms with Crippen LogP contribution < -0.4 is 4.90 Å². The van der Waals surface area contributed by atoms with E-state index in [9.17, 15) is 4.79 Å². The number of anilines is 1. The van der Waals surface area contributed by atoms with Crippen molar-refractivity contribution in [2.24, 2.45) is 7.05 Å². The lowest BCUT2D eigenvalue weighted by atomic mass is 10.0. The summed E-state index contributed by atoms with van der Waals surface area (Å²) in [6.45, 7) is 3.47. The van der Waals surface area contributed by atoms with Crippen LogP contribution in [0.15, 0.2) is 18.5 Å². The molecule has 0 N–H and O–H groups in total. The second-order valence-corrected chi connectivity index (χ2v) is 8.23. The van der Waals surface area contributed by atoms with Gasteiger partial charge in [-0.15, -0.1) is 0 Å². The molecule has 0 saturated carbocycles. The number of ether oxygens (including phenoxy) is 1. The first-order valence-corrected chi connectivity index (χ1v) is 10.7. The minimum Gasteiger partial charge on any atom is -0.368 e. The number of nitrogens with zero attached hydrogens (tertiary/aromatic N) is 6. The van der Waals surface area contributed by atoms with Gasteiger partial charge in [-0.2, -0.15) is 5.10 Å². The number of amides is 1. The van der Waals surface area contributed by atoms with Crippen LogP contribution in [-0.2, 0) is 16.6 Å². The van der Waals surface area contributed by atoms with Crippen molar-refractivity contribution in [2.45, 2.75) is 50.7 Å². The van der Waals surface area contributed by atoms with Crippen LogP contribution in [0.2, 0.25) is 0 Å². The summed E-state index contributed by atoms with van der Waals surface area (Å²) in [5.41, 5.74) is 2.80. The van der Waals surface area contributed by atoms with Crippen LogP contribution in [-0.4, -0.2) is 62.9 Å². The third-order valence-corrected chi connectivity index (χ3v) is 6.22. The minimum absolute atomic E-state index is 0.0203. The molecule has 0 bridgehead atoms. The lowest BCUT2D eigenvalue weighted by Gasteiger charge is -2.26. The summed E-state index contributed by atoms with van der Waals surface area (Å²) in [5.74, 6) is 0.899. The summed E-state index contributed by atoms with van der Waals surface area (Å²) in [6.07, 6.45) is 9.63. The van der Waals surface area contributed by atoms with E-state index in [1.165, 1.54) is 12.8 Å². The number of likely N-dealkylation sites (tertiary alicyclic amines) is 1. The number of carbonyl (C=O) groups is 1. The molecule has 3 saturated heterocycles. The molecule has 0 spiro atoms. The summed E-state index contributed by atoms with van der Waals surface area (Å²) in [6, 6.07) is 1.93. The molecule has 8 heteroatoms. The average molecular weight is 396 g/mol. The van der Waals surface area contributed by atoms with Gasteiger partial charge in [-0.1, -0.05) is 0 Å². The predicted molar refractivity (Wildman–Crippen MR) is 108 cm³/mol. The summed E-state index contributed by atoms with van der Waals surface area (Å²) in [5, 5.41) is 4.76. The average Bonchev–Trinajstić information content (AvgIpc) is 3.54. The molecule has 3 aliphatic rings. The summed E-state index contributed by atoms with van der Waals surface area (Å²) in [7, 11) is 1.93. The van der Waals surface area contributed by atoms with Crippen molar-refractivity contribution in [1.29, 1.82) is 0 Å². The first-order chi connectivity index (χ1) is 14.2. The lowest BCUT2D eigenvalue weighted by molar-refractivity contribution is -0.142. The third-order valence-electron chi connectivity index (χ3n) is 6.22. The molecule has 8 nitrogen and oxygen atoms in total. The van der Waals surface area contributed by atoms with Crippen LogP contribution in [0.4, 0.5) is 5.95 Å². The number of rotatable bonds is 4. The van der Waals surface area contributed by atoms with E-state index in [0.29, 0.717) is 6.61 Å². The van der Waals surface area contributed by atoms with E-state index < -0.39 is 0 Å². The Morgan fingerprint density at radius 1 is 1.14 bits per heavy atom. The minimum atomic E-state index is -0.288. The highest BCUT2D eigenvalue weighted by Gasteiger charge is 2.38. The maximum atomic E-state index is 13.0. The molecule has 0 aliphatic carbocycles. The van der Waals surface area contributed by atoms with Crippen molar-refractivity contribution in [3.8, 4) is 11.3 Å². The van der Waals surface area contributed by atoms with E-state index in [2.05, 4.69) is 9.88 Å². The van der Waals surface area contributed by atoms with E-state index in [1.54, 1.807) is 0 Å². The van der Waals surface area contributed by atoms with Gasteiger partial charge >= 0.3 is 0 Å². The Bertz CT molecular complexity index is 885. The Kier molecular flexibility index (Phi) is 4.95. The zero-order chi connectivity index (χ0) is 19.8. The Morgan fingerprint density at radius 3 is 2.79 bits per heavy atom. The van der Waals surface area contributed by atoms with Gasteiger partial charge in [0.05, 0.1) is 17.4 Å². The highest BCUT2D eigenvalue weighted by atomic mass is 16.5. The fourth-order valence-corrected chi connectivity index (χ4v) is 4.79. The summed E-state index contributed by atoms with van der Waals surface area (Å²) in [4.78, 5) is 26.6. The molecule has 2 atom stereocenters. The summed E-state index contributed by atoms with van der Waals surface area (Å²) < 4.78 is 7.49.